The van der Waals surface area contributed by atoms with Gasteiger partial charge in [-0.1, -0.05) is 6.07 Å². The number of amides is 3. The zero-order chi connectivity index (χ0) is 15.4. The van der Waals surface area contributed by atoms with E-state index in [-0.39, 0.29) is 23.6 Å². The molecule has 0 radical (unpaired) electrons. The van der Waals surface area contributed by atoms with Gasteiger partial charge in [0.1, 0.15) is 0 Å². The molecule has 2 rings (SSSR count). The van der Waals surface area contributed by atoms with Gasteiger partial charge >= 0.3 is 0 Å². The molecule has 1 aliphatic heterocycles. The lowest BCUT2D eigenvalue weighted by Crippen LogP contribution is -2.40. The third kappa shape index (κ3) is 3.39. The Bertz CT molecular complexity index is 574. The highest BCUT2D eigenvalue weighted by atomic mass is 16.2. The summed E-state index contributed by atoms with van der Waals surface area (Å²) in [5, 5.41) is 8.10. The summed E-state index contributed by atoms with van der Waals surface area (Å²) in [6.45, 7) is 2.15. The van der Waals surface area contributed by atoms with Crippen LogP contribution in [0.2, 0.25) is 0 Å². The molecule has 1 fully saturated rings. The van der Waals surface area contributed by atoms with Gasteiger partial charge in [-0.25, -0.2) is 0 Å². The van der Waals surface area contributed by atoms with Gasteiger partial charge in [-0.2, -0.15) is 0 Å². The maximum atomic E-state index is 12.2. The normalized spacial score (nSPS) is 17.8. The summed E-state index contributed by atoms with van der Waals surface area (Å²) in [6, 6.07) is 5.21. The van der Waals surface area contributed by atoms with Crippen molar-refractivity contribution in [3.05, 3.63) is 29.3 Å². The number of piperidine rings is 1. The second-order valence-electron chi connectivity index (χ2n) is 5.09. The average molecular weight is 289 g/mol. The van der Waals surface area contributed by atoms with Crippen molar-refractivity contribution in [2.24, 2.45) is 5.92 Å². The van der Waals surface area contributed by atoms with Gasteiger partial charge in [0.15, 0.2) is 0 Å². The predicted octanol–water partition coefficient (Wildman–Crippen LogP) is 0.819. The first-order valence-corrected chi connectivity index (χ1v) is 6.92. The smallest absolute Gasteiger partial charge is 0.251 e. The number of benzene rings is 1. The maximum Gasteiger partial charge on any atom is 0.251 e. The fourth-order valence-corrected chi connectivity index (χ4v) is 2.34. The molecule has 3 amide bonds. The molecule has 1 aromatic rings. The summed E-state index contributed by atoms with van der Waals surface area (Å²) in [7, 11) is 1.57. The molecule has 0 saturated carbocycles. The Morgan fingerprint density at radius 2 is 2.10 bits per heavy atom. The van der Waals surface area contributed by atoms with Gasteiger partial charge in [0.05, 0.1) is 5.92 Å². The lowest BCUT2D eigenvalue weighted by atomic mass is 9.97. The second kappa shape index (κ2) is 6.39. The Hall–Kier alpha value is -2.37. The molecule has 0 aliphatic carbocycles. The molecule has 0 spiro atoms. The molecule has 1 heterocycles. The molecule has 112 valence electrons. The summed E-state index contributed by atoms with van der Waals surface area (Å²) < 4.78 is 0. The van der Waals surface area contributed by atoms with Crippen LogP contribution in [-0.2, 0) is 9.59 Å². The van der Waals surface area contributed by atoms with Crippen molar-refractivity contribution >= 4 is 23.4 Å². The summed E-state index contributed by atoms with van der Waals surface area (Å²) in [5.41, 5.74) is 1.88. The topological polar surface area (TPSA) is 87.3 Å². The summed E-state index contributed by atoms with van der Waals surface area (Å²) >= 11 is 0. The third-order valence-electron chi connectivity index (χ3n) is 3.70. The average Bonchev–Trinajstić information content (AvgIpc) is 2.49. The van der Waals surface area contributed by atoms with E-state index >= 15 is 0 Å². The minimum Gasteiger partial charge on any atom is -0.355 e. The highest BCUT2D eigenvalue weighted by Crippen LogP contribution is 2.21. The molecule has 0 aromatic heterocycles. The van der Waals surface area contributed by atoms with Crippen LogP contribution in [0.1, 0.15) is 28.8 Å². The largest absolute Gasteiger partial charge is 0.355 e. The number of hydrogen-bond donors (Lipinski definition) is 3. The van der Waals surface area contributed by atoms with Crippen LogP contribution in [0.25, 0.3) is 0 Å². The van der Waals surface area contributed by atoms with E-state index in [0.29, 0.717) is 30.6 Å². The minimum absolute atomic E-state index is 0.0168. The van der Waals surface area contributed by atoms with E-state index in [1.807, 2.05) is 0 Å². The number of carbonyl (C=O) groups is 3. The van der Waals surface area contributed by atoms with Crippen molar-refractivity contribution in [2.45, 2.75) is 19.8 Å². The van der Waals surface area contributed by atoms with Crippen LogP contribution in [0.3, 0.4) is 0 Å². The van der Waals surface area contributed by atoms with Crippen molar-refractivity contribution in [3.8, 4) is 0 Å². The monoisotopic (exact) mass is 289 g/mol. The third-order valence-corrected chi connectivity index (χ3v) is 3.70. The van der Waals surface area contributed by atoms with Crippen molar-refractivity contribution in [3.63, 3.8) is 0 Å². The van der Waals surface area contributed by atoms with Crippen LogP contribution in [0.15, 0.2) is 18.2 Å². The van der Waals surface area contributed by atoms with E-state index in [0.717, 1.165) is 5.56 Å². The molecule has 1 aliphatic rings. The molecule has 21 heavy (non-hydrogen) atoms. The van der Waals surface area contributed by atoms with E-state index in [9.17, 15) is 14.4 Å². The van der Waals surface area contributed by atoms with Crippen LogP contribution in [0.5, 0.6) is 0 Å². The number of anilines is 1. The summed E-state index contributed by atoms with van der Waals surface area (Å²) in [6.07, 6.45) is 0.918. The first-order chi connectivity index (χ1) is 10.0. The fraction of sp³-hybridized carbons (Fsp3) is 0.400. The van der Waals surface area contributed by atoms with E-state index in [2.05, 4.69) is 16.0 Å². The first kappa shape index (κ1) is 15.0. The van der Waals surface area contributed by atoms with Crippen molar-refractivity contribution in [1.82, 2.24) is 10.6 Å². The standard InChI is InChI=1S/C15H19N3O3/c1-9-11(15(21)16-2)4-3-5-12(9)18-14(20)10-6-7-13(19)17-8-10/h3-5,10H,6-8H2,1-2H3,(H,16,21)(H,17,19)(H,18,20). The lowest BCUT2D eigenvalue weighted by molar-refractivity contribution is -0.126. The summed E-state index contributed by atoms with van der Waals surface area (Å²) in [5.74, 6) is -0.566. The van der Waals surface area contributed by atoms with Crippen LogP contribution in [0, 0.1) is 12.8 Å². The van der Waals surface area contributed by atoms with Gasteiger partial charge in [-0.15, -0.1) is 0 Å². The van der Waals surface area contributed by atoms with E-state index in [4.69, 9.17) is 0 Å². The fourth-order valence-electron chi connectivity index (χ4n) is 2.34. The zero-order valence-electron chi connectivity index (χ0n) is 12.2. The zero-order valence-corrected chi connectivity index (χ0v) is 12.2. The number of carbonyl (C=O) groups excluding carboxylic acids is 3. The molecule has 1 saturated heterocycles. The van der Waals surface area contributed by atoms with Gasteiger partial charge in [-0.3, -0.25) is 14.4 Å². The van der Waals surface area contributed by atoms with Gasteiger partial charge in [0.2, 0.25) is 11.8 Å². The van der Waals surface area contributed by atoms with Crippen LogP contribution >= 0.6 is 0 Å². The Labute approximate surface area is 123 Å². The quantitative estimate of drug-likeness (QED) is 0.770. The number of hydrogen-bond acceptors (Lipinski definition) is 3. The lowest BCUT2D eigenvalue weighted by Gasteiger charge is -2.22. The van der Waals surface area contributed by atoms with Gasteiger partial charge < -0.3 is 16.0 Å². The Morgan fingerprint density at radius 3 is 2.71 bits per heavy atom. The van der Waals surface area contributed by atoms with Crippen LogP contribution in [-0.4, -0.2) is 31.3 Å². The van der Waals surface area contributed by atoms with Crippen molar-refractivity contribution in [2.75, 3.05) is 18.9 Å². The van der Waals surface area contributed by atoms with E-state index in [1.165, 1.54) is 0 Å². The highest BCUT2D eigenvalue weighted by Gasteiger charge is 2.25. The molecule has 1 aromatic carbocycles. The minimum atomic E-state index is -0.231. The molecular formula is C15H19N3O3. The second-order valence-corrected chi connectivity index (χ2v) is 5.09. The van der Waals surface area contributed by atoms with E-state index < -0.39 is 0 Å². The molecular weight excluding hydrogens is 270 g/mol. The van der Waals surface area contributed by atoms with E-state index in [1.54, 1.807) is 32.2 Å². The molecule has 0 bridgehead atoms. The van der Waals surface area contributed by atoms with Gasteiger partial charge in [0, 0.05) is 31.3 Å². The Morgan fingerprint density at radius 1 is 1.33 bits per heavy atom. The number of rotatable bonds is 3. The molecule has 6 heteroatoms. The first-order valence-electron chi connectivity index (χ1n) is 6.92. The SMILES string of the molecule is CNC(=O)c1cccc(NC(=O)C2CCC(=O)NC2)c1C. The van der Waals surface area contributed by atoms with Crippen LogP contribution < -0.4 is 16.0 Å². The molecule has 1 unspecified atom stereocenters. The van der Waals surface area contributed by atoms with Crippen molar-refractivity contribution in [1.29, 1.82) is 0 Å². The van der Waals surface area contributed by atoms with Gasteiger partial charge in [-0.05, 0) is 31.0 Å². The van der Waals surface area contributed by atoms with Crippen molar-refractivity contribution < 1.29 is 14.4 Å². The Balaban J connectivity index is 2.11. The predicted molar refractivity (Wildman–Crippen MR) is 78.9 cm³/mol. The maximum absolute atomic E-state index is 12.2. The summed E-state index contributed by atoms with van der Waals surface area (Å²) in [4.78, 5) is 35.1. The molecule has 1 atom stereocenters. The Kier molecular flexibility index (Phi) is 4.57. The highest BCUT2D eigenvalue weighted by molar-refractivity contribution is 6.00. The molecule has 6 nitrogen and oxygen atoms in total. The number of nitrogens with one attached hydrogen (secondary N) is 3. The van der Waals surface area contributed by atoms with Gasteiger partial charge in [0.25, 0.3) is 5.91 Å². The van der Waals surface area contributed by atoms with Crippen LogP contribution in [0.4, 0.5) is 5.69 Å². The molecule has 3 N–H and O–H groups in total.